The fourth-order valence-electron chi connectivity index (χ4n) is 3.56. The fraction of sp³-hybridized carbons (Fsp3) is 0.429. The van der Waals surface area contributed by atoms with Crippen molar-refractivity contribution in [1.29, 1.82) is 0 Å². The molecule has 6 nitrogen and oxygen atoms in total. The summed E-state index contributed by atoms with van der Waals surface area (Å²) in [6.45, 7) is 1.85. The van der Waals surface area contributed by atoms with Gasteiger partial charge in [-0.2, -0.15) is 0 Å². The monoisotopic (exact) mass is 469 g/mol. The first kappa shape index (κ1) is 22.9. The number of piperidine rings is 1. The van der Waals surface area contributed by atoms with E-state index in [-0.39, 0.29) is 17.1 Å². The van der Waals surface area contributed by atoms with Gasteiger partial charge in [0.15, 0.2) is 6.04 Å². The number of hydrogen-bond donors (Lipinski definition) is 1. The number of thiophene rings is 1. The molecular formula is C21H25Cl2N3O3S. The van der Waals surface area contributed by atoms with Crippen LogP contribution < -0.4 is 5.32 Å². The van der Waals surface area contributed by atoms with Crippen molar-refractivity contribution < 1.29 is 14.3 Å². The number of esters is 1. The third-order valence-corrected chi connectivity index (χ3v) is 7.27. The van der Waals surface area contributed by atoms with Crippen LogP contribution in [0.1, 0.15) is 24.4 Å². The second-order valence-corrected chi connectivity index (χ2v) is 9.06. The number of urea groups is 1. The standard InChI is InChI=1S/C21H25Cl2N3O3S/c1-25-10-8-13(9-11-25)26(2)21(28)24-19(20(27)29-3)15-7-6-14(17(22)18(15)23)16-5-4-12-30-16/h4-7,12-13,19H,8-11H2,1-3H3,(H,24,28). The average molecular weight is 470 g/mol. The van der Waals surface area contributed by atoms with Crippen LogP contribution in [0.4, 0.5) is 4.79 Å². The van der Waals surface area contributed by atoms with Gasteiger partial charge in [-0.05, 0) is 44.4 Å². The summed E-state index contributed by atoms with van der Waals surface area (Å²) in [7, 11) is 5.08. The highest BCUT2D eigenvalue weighted by Crippen LogP contribution is 2.40. The van der Waals surface area contributed by atoms with Crippen LogP contribution in [-0.4, -0.2) is 62.1 Å². The van der Waals surface area contributed by atoms with Crippen LogP contribution in [0.25, 0.3) is 10.4 Å². The van der Waals surface area contributed by atoms with Gasteiger partial charge in [0.2, 0.25) is 0 Å². The van der Waals surface area contributed by atoms with Gasteiger partial charge >= 0.3 is 12.0 Å². The van der Waals surface area contributed by atoms with Crippen molar-refractivity contribution in [1.82, 2.24) is 15.1 Å². The summed E-state index contributed by atoms with van der Waals surface area (Å²) in [5, 5.41) is 5.28. The van der Waals surface area contributed by atoms with E-state index in [1.54, 1.807) is 24.1 Å². The number of nitrogens with zero attached hydrogens (tertiary/aromatic N) is 2. The van der Waals surface area contributed by atoms with E-state index in [0.29, 0.717) is 10.6 Å². The zero-order chi connectivity index (χ0) is 21.8. The Kier molecular flexibility index (Phi) is 7.63. The molecule has 0 radical (unpaired) electrons. The summed E-state index contributed by atoms with van der Waals surface area (Å²) in [6.07, 6.45) is 1.76. The molecule has 1 aromatic carbocycles. The van der Waals surface area contributed by atoms with Gasteiger partial charge in [-0.1, -0.05) is 41.4 Å². The minimum Gasteiger partial charge on any atom is -0.467 e. The first-order chi connectivity index (χ1) is 14.3. The number of ether oxygens (including phenoxy) is 1. The van der Waals surface area contributed by atoms with E-state index in [1.165, 1.54) is 18.4 Å². The molecule has 1 saturated heterocycles. The Balaban J connectivity index is 1.83. The van der Waals surface area contributed by atoms with Crippen molar-refractivity contribution in [2.75, 3.05) is 34.3 Å². The zero-order valence-corrected chi connectivity index (χ0v) is 19.5. The number of likely N-dealkylation sites (tertiary alicyclic amines) is 1. The van der Waals surface area contributed by atoms with E-state index in [1.807, 2.05) is 17.5 Å². The Morgan fingerprint density at radius 2 is 1.93 bits per heavy atom. The number of methoxy groups -OCH3 is 1. The quantitative estimate of drug-likeness (QED) is 0.646. The summed E-state index contributed by atoms with van der Waals surface area (Å²) in [6, 6.07) is 6.08. The maximum Gasteiger partial charge on any atom is 0.333 e. The Morgan fingerprint density at radius 1 is 1.23 bits per heavy atom. The molecule has 0 spiro atoms. The molecule has 9 heteroatoms. The van der Waals surface area contributed by atoms with E-state index >= 15 is 0 Å². The molecule has 0 bridgehead atoms. The topological polar surface area (TPSA) is 61.9 Å². The van der Waals surface area contributed by atoms with Gasteiger partial charge in [0.25, 0.3) is 0 Å². The van der Waals surface area contributed by atoms with Gasteiger partial charge in [-0.15, -0.1) is 11.3 Å². The lowest BCUT2D eigenvalue weighted by Crippen LogP contribution is -2.49. The average Bonchev–Trinajstić information content (AvgIpc) is 3.28. The first-order valence-corrected chi connectivity index (χ1v) is 11.3. The summed E-state index contributed by atoms with van der Waals surface area (Å²) in [5.41, 5.74) is 1.18. The molecule has 162 valence electrons. The largest absolute Gasteiger partial charge is 0.467 e. The molecule has 1 fully saturated rings. The van der Waals surface area contributed by atoms with Crippen LogP contribution >= 0.6 is 34.5 Å². The van der Waals surface area contributed by atoms with Crippen molar-refractivity contribution in [3.8, 4) is 10.4 Å². The van der Waals surface area contributed by atoms with Crippen LogP contribution in [0.15, 0.2) is 29.6 Å². The lowest BCUT2D eigenvalue weighted by molar-refractivity contribution is -0.143. The van der Waals surface area contributed by atoms with Crippen LogP contribution in [0, 0.1) is 0 Å². The highest BCUT2D eigenvalue weighted by Gasteiger charge is 2.31. The Morgan fingerprint density at radius 3 is 2.53 bits per heavy atom. The number of nitrogens with one attached hydrogen (secondary N) is 1. The Bertz CT molecular complexity index is 899. The number of halogens is 2. The van der Waals surface area contributed by atoms with Crippen molar-refractivity contribution in [2.45, 2.75) is 24.9 Å². The molecule has 2 amide bonds. The van der Waals surface area contributed by atoms with Gasteiger partial charge in [0, 0.05) is 29.1 Å². The van der Waals surface area contributed by atoms with Crippen molar-refractivity contribution in [3.63, 3.8) is 0 Å². The zero-order valence-electron chi connectivity index (χ0n) is 17.2. The van der Waals surface area contributed by atoms with E-state index in [9.17, 15) is 9.59 Å². The Labute approximate surface area is 190 Å². The molecule has 0 saturated carbocycles. The molecule has 1 aliphatic rings. The van der Waals surface area contributed by atoms with Crippen molar-refractivity contribution in [3.05, 3.63) is 45.3 Å². The van der Waals surface area contributed by atoms with E-state index in [0.717, 1.165) is 36.4 Å². The molecule has 0 aliphatic carbocycles. The highest BCUT2D eigenvalue weighted by molar-refractivity contribution is 7.13. The molecule has 2 heterocycles. The maximum atomic E-state index is 12.9. The smallest absolute Gasteiger partial charge is 0.333 e. The summed E-state index contributed by atoms with van der Waals surface area (Å²) >= 11 is 14.6. The maximum absolute atomic E-state index is 12.9. The van der Waals surface area contributed by atoms with Gasteiger partial charge in [0.1, 0.15) is 0 Å². The van der Waals surface area contributed by atoms with Crippen LogP contribution in [0.3, 0.4) is 0 Å². The summed E-state index contributed by atoms with van der Waals surface area (Å²) in [4.78, 5) is 30.3. The number of benzene rings is 1. The van der Waals surface area contributed by atoms with Gasteiger partial charge < -0.3 is 19.9 Å². The molecule has 1 aromatic heterocycles. The lowest BCUT2D eigenvalue weighted by atomic mass is 10.0. The summed E-state index contributed by atoms with van der Waals surface area (Å²) in [5.74, 6) is -0.609. The number of hydrogen-bond acceptors (Lipinski definition) is 5. The molecule has 1 aliphatic heterocycles. The minimum absolute atomic E-state index is 0.111. The second kappa shape index (κ2) is 10.0. The van der Waals surface area contributed by atoms with E-state index in [2.05, 4.69) is 17.3 Å². The van der Waals surface area contributed by atoms with Gasteiger partial charge in [-0.3, -0.25) is 0 Å². The molecule has 30 heavy (non-hydrogen) atoms. The first-order valence-electron chi connectivity index (χ1n) is 9.65. The predicted molar refractivity (Wildman–Crippen MR) is 121 cm³/mol. The third-order valence-electron chi connectivity index (χ3n) is 5.47. The van der Waals surface area contributed by atoms with E-state index < -0.39 is 12.0 Å². The highest BCUT2D eigenvalue weighted by atomic mass is 35.5. The van der Waals surface area contributed by atoms with Gasteiger partial charge in [0.05, 0.1) is 17.2 Å². The van der Waals surface area contributed by atoms with Crippen LogP contribution in [0.2, 0.25) is 10.0 Å². The van der Waals surface area contributed by atoms with Gasteiger partial charge in [-0.25, -0.2) is 9.59 Å². The molecule has 1 N–H and O–H groups in total. The number of amides is 2. The normalized spacial score (nSPS) is 16.2. The van der Waals surface area contributed by atoms with Crippen molar-refractivity contribution >= 4 is 46.5 Å². The molecule has 2 aromatic rings. The Hall–Kier alpha value is -1.80. The number of carbonyl (C=O) groups excluding carboxylic acids is 2. The van der Waals surface area contributed by atoms with Crippen molar-refractivity contribution in [2.24, 2.45) is 0 Å². The molecule has 1 unspecified atom stereocenters. The molecule has 1 atom stereocenters. The lowest BCUT2D eigenvalue weighted by Gasteiger charge is -2.35. The number of rotatable bonds is 5. The summed E-state index contributed by atoms with van der Waals surface area (Å²) < 4.78 is 4.93. The molecular weight excluding hydrogens is 445 g/mol. The predicted octanol–water partition coefficient (Wildman–Crippen LogP) is 4.67. The molecule has 3 rings (SSSR count). The SMILES string of the molecule is COC(=O)C(NC(=O)N(C)C1CCN(C)CC1)c1ccc(-c2cccs2)c(Cl)c1Cl. The second-order valence-electron chi connectivity index (χ2n) is 7.36. The van der Waals surface area contributed by atoms with Crippen LogP contribution in [-0.2, 0) is 9.53 Å². The number of carbonyl (C=O) groups is 2. The third kappa shape index (κ3) is 4.91. The minimum atomic E-state index is -1.06. The fourth-order valence-corrected chi connectivity index (χ4v) is 4.93. The van der Waals surface area contributed by atoms with E-state index in [4.69, 9.17) is 27.9 Å². The van der Waals surface area contributed by atoms with Crippen LogP contribution in [0.5, 0.6) is 0 Å².